The van der Waals surface area contributed by atoms with Gasteiger partial charge in [0.2, 0.25) is 5.91 Å². The molecule has 0 bridgehead atoms. The average molecular weight is 370 g/mol. The second-order valence-corrected chi connectivity index (χ2v) is 7.24. The van der Waals surface area contributed by atoms with E-state index in [0.717, 1.165) is 25.1 Å². The summed E-state index contributed by atoms with van der Waals surface area (Å²) in [6.45, 7) is 1.90. The molecular weight excluding hydrogens is 349 g/mol. The van der Waals surface area contributed by atoms with Gasteiger partial charge in [-0.25, -0.2) is 4.98 Å². The van der Waals surface area contributed by atoms with Gasteiger partial charge in [-0.3, -0.25) is 4.79 Å². The molecule has 26 heavy (non-hydrogen) atoms. The number of carbonyl (C=O) groups is 1. The van der Waals surface area contributed by atoms with Crippen molar-refractivity contribution in [3.8, 4) is 5.75 Å². The maximum Gasteiger partial charge on any atom is 0.418 e. The van der Waals surface area contributed by atoms with Gasteiger partial charge in [-0.1, -0.05) is 0 Å². The number of ether oxygens (including phenoxy) is 1. The molecule has 1 aliphatic carbocycles. The zero-order valence-corrected chi connectivity index (χ0v) is 14.2. The highest BCUT2D eigenvalue weighted by atomic mass is 19.4. The number of hydrogen-bond acceptors (Lipinski definition) is 5. The van der Waals surface area contributed by atoms with Crippen LogP contribution in [0.25, 0.3) is 0 Å². The number of piperazine rings is 1. The lowest BCUT2D eigenvalue weighted by molar-refractivity contribution is -0.139. The first-order valence-electron chi connectivity index (χ1n) is 8.84. The van der Waals surface area contributed by atoms with E-state index < -0.39 is 11.7 Å². The van der Waals surface area contributed by atoms with Crippen LogP contribution in [-0.2, 0) is 11.0 Å². The average Bonchev–Trinajstić information content (AvgIpc) is 2.75. The molecule has 0 aromatic carbocycles. The quantitative estimate of drug-likeness (QED) is 0.814. The maximum absolute atomic E-state index is 12.9. The van der Waals surface area contributed by atoms with E-state index in [2.05, 4.69) is 4.98 Å². The fourth-order valence-electron chi connectivity index (χ4n) is 3.92. The largest absolute Gasteiger partial charge is 0.490 e. The zero-order valence-electron chi connectivity index (χ0n) is 14.2. The van der Waals surface area contributed by atoms with Gasteiger partial charge < -0.3 is 20.3 Å². The van der Waals surface area contributed by atoms with Crippen LogP contribution in [0.5, 0.6) is 5.75 Å². The van der Waals surface area contributed by atoms with E-state index in [4.69, 9.17) is 10.5 Å². The van der Waals surface area contributed by atoms with Gasteiger partial charge in [0.25, 0.3) is 0 Å². The highest BCUT2D eigenvalue weighted by Crippen LogP contribution is 2.38. The fraction of sp³-hybridized carbons (Fsp3) is 0.647. The molecule has 2 N–H and O–H groups in total. The van der Waals surface area contributed by atoms with Crippen LogP contribution in [0.15, 0.2) is 12.3 Å². The number of fused-ring (bicyclic) bond motifs is 3. The number of carbonyl (C=O) groups excluding carboxylic acids is 1. The van der Waals surface area contributed by atoms with Gasteiger partial charge in [0.1, 0.15) is 0 Å². The van der Waals surface area contributed by atoms with Crippen molar-refractivity contribution >= 4 is 11.7 Å². The molecule has 1 aromatic rings. The zero-order chi connectivity index (χ0) is 18.5. The number of rotatable bonds is 1. The van der Waals surface area contributed by atoms with E-state index in [0.29, 0.717) is 38.5 Å². The van der Waals surface area contributed by atoms with Crippen LogP contribution < -0.4 is 15.4 Å². The molecule has 6 nitrogen and oxygen atoms in total. The van der Waals surface area contributed by atoms with Crippen molar-refractivity contribution in [1.29, 1.82) is 0 Å². The highest BCUT2D eigenvalue weighted by Gasteiger charge is 2.40. The summed E-state index contributed by atoms with van der Waals surface area (Å²) in [7, 11) is 0. The molecule has 1 saturated heterocycles. The summed E-state index contributed by atoms with van der Waals surface area (Å²) in [6.07, 6.45) is -1.51. The second-order valence-electron chi connectivity index (χ2n) is 7.24. The summed E-state index contributed by atoms with van der Waals surface area (Å²) < 4.78 is 44.3. The molecule has 9 heteroatoms. The van der Waals surface area contributed by atoms with Crippen molar-refractivity contribution in [2.75, 3.05) is 31.1 Å². The normalized spacial score (nSPS) is 28.4. The molecule has 3 aliphatic rings. The van der Waals surface area contributed by atoms with Gasteiger partial charge >= 0.3 is 6.18 Å². The smallest absolute Gasteiger partial charge is 0.418 e. The third-order valence-electron chi connectivity index (χ3n) is 5.46. The summed E-state index contributed by atoms with van der Waals surface area (Å²) in [5.74, 6) is 0.737. The number of nitrogens with zero attached hydrogens (tertiary/aromatic N) is 3. The van der Waals surface area contributed by atoms with Crippen molar-refractivity contribution in [2.45, 2.75) is 37.5 Å². The van der Waals surface area contributed by atoms with Crippen molar-refractivity contribution in [1.82, 2.24) is 9.88 Å². The Hall–Kier alpha value is -2.03. The molecule has 0 radical (unpaired) electrons. The Kier molecular flexibility index (Phi) is 4.21. The Bertz CT molecular complexity index is 706. The molecule has 0 spiro atoms. The first-order valence-corrected chi connectivity index (χ1v) is 8.84. The molecule has 2 fully saturated rings. The third kappa shape index (κ3) is 3.08. The minimum absolute atomic E-state index is 0.00747. The summed E-state index contributed by atoms with van der Waals surface area (Å²) in [4.78, 5) is 20.4. The van der Waals surface area contributed by atoms with Crippen LogP contribution in [-0.4, -0.2) is 54.1 Å². The molecule has 1 saturated carbocycles. The number of pyridine rings is 1. The Labute approximate surface area is 149 Å². The first-order chi connectivity index (χ1) is 12.3. The predicted molar refractivity (Wildman–Crippen MR) is 87.8 cm³/mol. The van der Waals surface area contributed by atoms with E-state index >= 15 is 0 Å². The monoisotopic (exact) mass is 370 g/mol. The van der Waals surface area contributed by atoms with Crippen LogP contribution in [0, 0.1) is 5.92 Å². The highest BCUT2D eigenvalue weighted by molar-refractivity contribution is 5.80. The number of halogens is 3. The molecule has 1 amide bonds. The van der Waals surface area contributed by atoms with Crippen molar-refractivity contribution < 1.29 is 22.7 Å². The molecule has 2 aliphatic heterocycles. The third-order valence-corrected chi connectivity index (χ3v) is 5.46. The summed E-state index contributed by atoms with van der Waals surface area (Å²) in [6, 6.07) is 1.13. The molecule has 1 atom stereocenters. The van der Waals surface area contributed by atoms with E-state index in [1.54, 1.807) is 0 Å². The van der Waals surface area contributed by atoms with Crippen LogP contribution in [0.3, 0.4) is 0 Å². The minimum atomic E-state index is -4.45. The van der Waals surface area contributed by atoms with E-state index in [9.17, 15) is 18.0 Å². The van der Waals surface area contributed by atoms with Gasteiger partial charge in [0, 0.05) is 44.2 Å². The standard InChI is InChI=1S/C17H21F3N4O2/c18-17(19,20)11-7-14-15(22-8-11)24-3-2-23(9-13(24)1-4-26-14)16(25)10-5-12(21)6-10/h7-8,10,12-13H,1-6,9,21H2/t10?,12?,13-/m1/s1. The summed E-state index contributed by atoms with van der Waals surface area (Å²) in [5, 5.41) is 0. The first kappa shape index (κ1) is 17.4. The van der Waals surface area contributed by atoms with Gasteiger partial charge in [0.15, 0.2) is 11.6 Å². The van der Waals surface area contributed by atoms with Crippen LogP contribution >= 0.6 is 0 Å². The number of hydrogen-bond donors (Lipinski definition) is 1. The molecule has 4 rings (SSSR count). The minimum Gasteiger partial charge on any atom is -0.490 e. The molecular formula is C17H21F3N4O2. The predicted octanol–water partition coefficient (Wildman–Crippen LogP) is 1.64. The van der Waals surface area contributed by atoms with Crippen LogP contribution in [0.1, 0.15) is 24.8 Å². The summed E-state index contributed by atoms with van der Waals surface area (Å²) >= 11 is 0. The molecule has 1 aromatic heterocycles. The Morgan fingerprint density at radius 3 is 2.77 bits per heavy atom. The lowest BCUT2D eigenvalue weighted by Gasteiger charge is -2.44. The van der Waals surface area contributed by atoms with E-state index in [-0.39, 0.29) is 29.7 Å². The van der Waals surface area contributed by atoms with Gasteiger partial charge in [-0.15, -0.1) is 0 Å². The second kappa shape index (κ2) is 6.29. The van der Waals surface area contributed by atoms with E-state index in [1.165, 1.54) is 0 Å². The van der Waals surface area contributed by atoms with Gasteiger partial charge in [0.05, 0.1) is 18.2 Å². The Morgan fingerprint density at radius 2 is 2.08 bits per heavy atom. The SMILES string of the molecule is NC1CC(C(=O)N2CCN3c4ncc(C(F)(F)F)cc4OCC[C@@H]3C2)C1. The van der Waals surface area contributed by atoms with Gasteiger partial charge in [-0.05, 0) is 18.9 Å². The van der Waals surface area contributed by atoms with Crippen LogP contribution in [0.2, 0.25) is 0 Å². The molecule has 3 heterocycles. The Morgan fingerprint density at radius 1 is 1.31 bits per heavy atom. The van der Waals surface area contributed by atoms with Crippen molar-refractivity contribution in [2.24, 2.45) is 11.7 Å². The number of alkyl halides is 3. The van der Waals surface area contributed by atoms with E-state index in [1.807, 2.05) is 9.80 Å². The maximum atomic E-state index is 12.9. The fourth-order valence-corrected chi connectivity index (χ4v) is 3.92. The van der Waals surface area contributed by atoms with Crippen molar-refractivity contribution in [3.63, 3.8) is 0 Å². The lowest BCUT2D eigenvalue weighted by atomic mass is 9.80. The number of nitrogens with two attached hydrogens (primary N) is 1. The van der Waals surface area contributed by atoms with Crippen molar-refractivity contribution in [3.05, 3.63) is 17.8 Å². The summed E-state index contributed by atoms with van der Waals surface area (Å²) in [5.41, 5.74) is 4.96. The molecule has 142 valence electrons. The lowest BCUT2D eigenvalue weighted by Crippen LogP contribution is -2.57. The van der Waals surface area contributed by atoms with Gasteiger partial charge in [-0.2, -0.15) is 13.2 Å². The number of anilines is 1. The number of amides is 1. The molecule has 0 unspecified atom stereocenters. The Balaban J connectivity index is 1.51. The van der Waals surface area contributed by atoms with Crippen LogP contribution in [0.4, 0.5) is 19.0 Å². The number of aromatic nitrogens is 1. The topological polar surface area (TPSA) is 71.7 Å².